The van der Waals surface area contributed by atoms with Gasteiger partial charge in [-0.3, -0.25) is 14.9 Å². The highest BCUT2D eigenvalue weighted by molar-refractivity contribution is 9.10. The Hall–Kier alpha value is -2.65. The number of carbonyl (C=O) groups is 2. The monoisotopic (exact) mass is 532 g/mol. The summed E-state index contributed by atoms with van der Waals surface area (Å²) in [6.45, 7) is 8.87. The van der Waals surface area contributed by atoms with Crippen LogP contribution in [-0.4, -0.2) is 55.1 Å². The first kappa shape index (κ1) is 25.0. The fraction of sp³-hybridized carbons (Fsp3) is 0.375. The van der Waals surface area contributed by atoms with Crippen molar-refractivity contribution in [3.63, 3.8) is 0 Å². The SMILES string of the molecule is COc1ccc(Br)cc1C(=O)NC(=S)Nc1ccc(N2CCN(C(=O)C(C)(C)C)CC2)cc1. The zero-order valence-corrected chi connectivity index (χ0v) is 21.7. The molecule has 9 heteroatoms. The topological polar surface area (TPSA) is 73.9 Å². The van der Waals surface area contributed by atoms with Crippen molar-refractivity contribution in [3.8, 4) is 5.75 Å². The van der Waals surface area contributed by atoms with E-state index in [0.29, 0.717) is 24.4 Å². The number of carbonyl (C=O) groups excluding carboxylic acids is 2. The average Bonchev–Trinajstić information content (AvgIpc) is 2.78. The Morgan fingerprint density at radius 2 is 1.67 bits per heavy atom. The predicted octanol–water partition coefficient (Wildman–Crippen LogP) is 4.28. The van der Waals surface area contributed by atoms with Gasteiger partial charge in [0.05, 0.1) is 12.7 Å². The van der Waals surface area contributed by atoms with Crippen LogP contribution in [0.2, 0.25) is 0 Å². The minimum Gasteiger partial charge on any atom is -0.496 e. The number of rotatable bonds is 4. The molecule has 33 heavy (non-hydrogen) atoms. The second kappa shape index (κ2) is 10.5. The van der Waals surface area contributed by atoms with E-state index in [1.807, 2.05) is 49.9 Å². The number of piperazine rings is 1. The van der Waals surface area contributed by atoms with Gasteiger partial charge < -0.3 is 19.9 Å². The maximum Gasteiger partial charge on any atom is 0.261 e. The summed E-state index contributed by atoms with van der Waals surface area (Å²) >= 11 is 8.67. The molecule has 0 aromatic heterocycles. The normalized spacial score (nSPS) is 14.0. The number of hydrogen-bond acceptors (Lipinski definition) is 5. The molecule has 0 spiro atoms. The number of thiocarbonyl (C=S) groups is 1. The number of benzene rings is 2. The Morgan fingerprint density at radius 1 is 1.03 bits per heavy atom. The van der Waals surface area contributed by atoms with E-state index in [4.69, 9.17) is 17.0 Å². The van der Waals surface area contributed by atoms with Gasteiger partial charge in [0, 0.05) is 47.4 Å². The van der Waals surface area contributed by atoms with E-state index in [9.17, 15) is 9.59 Å². The van der Waals surface area contributed by atoms with Crippen molar-refractivity contribution in [3.05, 3.63) is 52.5 Å². The van der Waals surface area contributed by atoms with Crippen LogP contribution in [0, 0.1) is 5.41 Å². The fourth-order valence-electron chi connectivity index (χ4n) is 3.59. The van der Waals surface area contributed by atoms with Crippen molar-refractivity contribution in [1.82, 2.24) is 10.2 Å². The molecule has 1 heterocycles. The number of methoxy groups -OCH3 is 1. The number of nitrogens with zero attached hydrogens (tertiary/aromatic N) is 2. The first-order valence-electron chi connectivity index (χ1n) is 10.7. The van der Waals surface area contributed by atoms with Crippen molar-refractivity contribution in [2.24, 2.45) is 5.41 Å². The van der Waals surface area contributed by atoms with Gasteiger partial charge in [-0.15, -0.1) is 0 Å². The minimum absolute atomic E-state index is 0.192. The highest BCUT2D eigenvalue weighted by atomic mass is 79.9. The molecule has 0 aliphatic carbocycles. The van der Waals surface area contributed by atoms with E-state index >= 15 is 0 Å². The smallest absolute Gasteiger partial charge is 0.261 e. The highest BCUT2D eigenvalue weighted by Crippen LogP contribution is 2.24. The van der Waals surface area contributed by atoms with Gasteiger partial charge in [0.15, 0.2) is 5.11 Å². The molecular formula is C24H29BrN4O3S. The third-order valence-electron chi connectivity index (χ3n) is 5.33. The molecule has 3 rings (SSSR count). The average molecular weight is 533 g/mol. The maximum atomic E-state index is 12.6. The molecule has 0 bridgehead atoms. The molecule has 176 valence electrons. The van der Waals surface area contributed by atoms with Crippen LogP contribution in [0.5, 0.6) is 5.75 Å². The Bertz CT molecular complexity index is 1030. The lowest BCUT2D eigenvalue weighted by molar-refractivity contribution is -0.139. The summed E-state index contributed by atoms with van der Waals surface area (Å²) in [4.78, 5) is 29.3. The summed E-state index contributed by atoms with van der Waals surface area (Å²) in [5, 5.41) is 5.92. The van der Waals surface area contributed by atoms with E-state index in [2.05, 4.69) is 31.5 Å². The zero-order chi connectivity index (χ0) is 24.2. The third kappa shape index (κ3) is 6.45. The quantitative estimate of drug-likeness (QED) is 0.572. The van der Waals surface area contributed by atoms with Crippen LogP contribution in [0.15, 0.2) is 46.9 Å². The van der Waals surface area contributed by atoms with Crippen LogP contribution in [0.3, 0.4) is 0 Å². The molecule has 0 unspecified atom stereocenters. The van der Waals surface area contributed by atoms with E-state index in [0.717, 1.165) is 28.9 Å². The second-order valence-corrected chi connectivity index (χ2v) is 10.2. The fourth-order valence-corrected chi connectivity index (χ4v) is 4.16. The lowest BCUT2D eigenvalue weighted by Crippen LogP contribution is -2.51. The molecule has 1 aliphatic heterocycles. The van der Waals surface area contributed by atoms with E-state index in [-0.39, 0.29) is 22.3 Å². The molecule has 7 nitrogen and oxygen atoms in total. The van der Waals surface area contributed by atoms with Crippen molar-refractivity contribution in [2.75, 3.05) is 43.5 Å². The second-order valence-electron chi connectivity index (χ2n) is 8.83. The van der Waals surface area contributed by atoms with E-state index in [1.54, 1.807) is 18.2 Å². The molecule has 2 aromatic carbocycles. The van der Waals surface area contributed by atoms with Crippen LogP contribution in [0.1, 0.15) is 31.1 Å². The molecule has 1 saturated heterocycles. The largest absolute Gasteiger partial charge is 0.496 e. The number of amides is 2. The first-order chi connectivity index (χ1) is 15.6. The summed E-state index contributed by atoms with van der Waals surface area (Å²) in [6, 6.07) is 13.0. The van der Waals surface area contributed by atoms with Gasteiger partial charge >= 0.3 is 0 Å². The molecule has 2 N–H and O–H groups in total. The van der Waals surface area contributed by atoms with E-state index < -0.39 is 0 Å². The lowest BCUT2D eigenvalue weighted by atomic mass is 9.94. The maximum absolute atomic E-state index is 12.6. The molecule has 2 amide bonds. The molecule has 0 radical (unpaired) electrons. The standard InChI is InChI=1S/C24H29BrN4O3S/c1-24(2,3)22(31)29-13-11-28(12-14-29)18-8-6-17(7-9-18)26-23(33)27-21(30)19-15-16(25)5-10-20(19)32-4/h5-10,15H,11-14H2,1-4H3,(H2,26,27,30,33). The van der Waals surface area contributed by atoms with Crippen molar-refractivity contribution < 1.29 is 14.3 Å². The van der Waals surface area contributed by atoms with Crippen LogP contribution >= 0.6 is 28.1 Å². The molecule has 1 fully saturated rings. The number of anilines is 2. The number of ether oxygens (including phenoxy) is 1. The van der Waals surface area contributed by atoms with Gasteiger partial charge in [0.2, 0.25) is 5.91 Å². The molecular weight excluding hydrogens is 504 g/mol. The van der Waals surface area contributed by atoms with Crippen molar-refractivity contribution in [2.45, 2.75) is 20.8 Å². The van der Waals surface area contributed by atoms with Gasteiger partial charge in [-0.2, -0.15) is 0 Å². The zero-order valence-electron chi connectivity index (χ0n) is 19.3. The van der Waals surface area contributed by atoms with Gasteiger partial charge in [-0.25, -0.2) is 0 Å². The van der Waals surface area contributed by atoms with Crippen LogP contribution in [0.25, 0.3) is 0 Å². The van der Waals surface area contributed by atoms with Crippen LogP contribution < -0.4 is 20.3 Å². The lowest BCUT2D eigenvalue weighted by Gasteiger charge is -2.38. The number of hydrogen-bond donors (Lipinski definition) is 2. The van der Waals surface area contributed by atoms with Crippen molar-refractivity contribution in [1.29, 1.82) is 0 Å². The summed E-state index contributed by atoms with van der Waals surface area (Å²) in [5.41, 5.74) is 1.88. The Morgan fingerprint density at radius 3 is 2.24 bits per heavy atom. The van der Waals surface area contributed by atoms with Gasteiger partial charge in [0.1, 0.15) is 5.75 Å². The first-order valence-corrected chi connectivity index (χ1v) is 11.9. The molecule has 0 atom stereocenters. The minimum atomic E-state index is -0.357. The number of nitrogens with one attached hydrogen (secondary N) is 2. The van der Waals surface area contributed by atoms with E-state index in [1.165, 1.54) is 7.11 Å². The van der Waals surface area contributed by atoms with Gasteiger partial charge in [0.25, 0.3) is 5.91 Å². The van der Waals surface area contributed by atoms with Crippen LogP contribution in [0.4, 0.5) is 11.4 Å². The van der Waals surface area contributed by atoms with Gasteiger partial charge in [-0.1, -0.05) is 36.7 Å². The summed E-state index contributed by atoms with van der Waals surface area (Å²) in [5.74, 6) is 0.301. The summed E-state index contributed by atoms with van der Waals surface area (Å²) in [7, 11) is 1.51. The molecule has 1 aliphatic rings. The predicted molar refractivity (Wildman–Crippen MR) is 139 cm³/mol. The molecule has 2 aromatic rings. The third-order valence-corrected chi connectivity index (χ3v) is 6.03. The van der Waals surface area contributed by atoms with Crippen LogP contribution in [-0.2, 0) is 4.79 Å². The Balaban J connectivity index is 1.55. The molecule has 0 saturated carbocycles. The summed E-state index contributed by atoms with van der Waals surface area (Å²) < 4.78 is 6.03. The number of halogens is 1. The summed E-state index contributed by atoms with van der Waals surface area (Å²) in [6.07, 6.45) is 0. The Kier molecular flexibility index (Phi) is 7.97. The van der Waals surface area contributed by atoms with Crippen molar-refractivity contribution >= 4 is 56.4 Å². The Labute approximate surface area is 208 Å². The van der Waals surface area contributed by atoms with Gasteiger partial charge in [-0.05, 0) is 54.7 Å². The highest BCUT2D eigenvalue weighted by Gasteiger charge is 2.29.